The molecule has 0 aliphatic heterocycles. The van der Waals surface area contributed by atoms with E-state index in [0.717, 1.165) is 24.2 Å². The molecule has 0 aliphatic rings. The molecule has 2 aromatic carbocycles. The molecule has 106 valence electrons. The normalized spacial score (nSPS) is 11.3. The molecule has 0 bridgehead atoms. The first-order valence-corrected chi connectivity index (χ1v) is 7.21. The molecular formula is C17H21ClN2. The lowest BCUT2D eigenvalue weighted by atomic mass is 9.95. The number of hydrogen-bond acceptors (Lipinski definition) is 2. The number of nitrogen functional groups attached to an aromatic ring is 1. The van der Waals surface area contributed by atoms with Crippen LogP contribution in [0.1, 0.15) is 25.8 Å². The van der Waals surface area contributed by atoms with Gasteiger partial charge in [0.1, 0.15) is 0 Å². The highest BCUT2D eigenvalue weighted by molar-refractivity contribution is 6.31. The first-order chi connectivity index (χ1) is 9.46. The monoisotopic (exact) mass is 288 g/mol. The van der Waals surface area contributed by atoms with Crippen LogP contribution in [0, 0.1) is 0 Å². The molecule has 0 aliphatic carbocycles. The van der Waals surface area contributed by atoms with Gasteiger partial charge in [-0.15, -0.1) is 0 Å². The van der Waals surface area contributed by atoms with Crippen LogP contribution < -0.4 is 11.1 Å². The Balaban J connectivity index is 2.01. The summed E-state index contributed by atoms with van der Waals surface area (Å²) in [5, 5.41) is 4.18. The number of nitrogens with two attached hydrogens (primary N) is 1. The predicted octanol–water partition coefficient (Wildman–Crippen LogP) is 4.75. The minimum Gasteiger partial charge on any atom is -0.397 e. The van der Waals surface area contributed by atoms with Crippen molar-refractivity contribution in [3.63, 3.8) is 0 Å². The maximum atomic E-state index is 6.02. The molecule has 0 radical (unpaired) electrons. The van der Waals surface area contributed by atoms with Crippen molar-refractivity contribution in [2.75, 3.05) is 11.1 Å². The van der Waals surface area contributed by atoms with Gasteiger partial charge in [-0.1, -0.05) is 41.9 Å². The molecular weight excluding hydrogens is 268 g/mol. The molecule has 20 heavy (non-hydrogen) atoms. The minimum atomic E-state index is -0.0470. The van der Waals surface area contributed by atoms with Crippen LogP contribution in [0.5, 0.6) is 0 Å². The Morgan fingerprint density at radius 2 is 1.80 bits per heavy atom. The van der Waals surface area contributed by atoms with Crippen molar-refractivity contribution in [3.8, 4) is 0 Å². The standard InChI is InChI=1S/C17H21ClN2/c1-17(2,11-10-13-6-4-3-5-7-13)20-16-12-14(18)8-9-15(16)19/h3-9,12,20H,10-11,19H2,1-2H3. The Labute approximate surface area is 126 Å². The first-order valence-electron chi connectivity index (χ1n) is 6.83. The molecule has 0 atom stereocenters. The van der Waals surface area contributed by atoms with Crippen molar-refractivity contribution in [1.29, 1.82) is 0 Å². The largest absolute Gasteiger partial charge is 0.397 e. The van der Waals surface area contributed by atoms with Gasteiger partial charge in [0, 0.05) is 10.6 Å². The quantitative estimate of drug-likeness (QED) is 0.780. The van der Waals surface area contributed by atoms with Crippen molar-refractivity contribution in [2.45, 2.75) is 32.2 Å². The number of rotatable bonds is 5. The molecule has 0 saturated heterocycles. The Morgan fingerprint density at radius 3 is 2.50 bits per heavy atom. The molecule has 0 fully saturated rings. The van der Waals surface area contributed by atoms with Gasteiger partial charge in [-0.25, -0.2) is 0 Å². The van der Waals surface area contributed by atoms with Gasteiger partial charge in [0.2, 0.25) is 0 Å². The summed E-state index contributed by atoms with van der Waals surface area (Å²) in [6.07, 6.45) is 2.05. The van der Waals surface area contributed by atoms with Crippen LogP contribution in [0.3, 0.4) is 0 Å². The topological polar surface area (TPSA) is 38.0 Å². The molecule has 0 unspecified atom stereocenters. The van der Waals surface area contributed by atoms with Crippen LogP contribution in [0.25, 0.3) is 0 Å². The molecule has 3 N–H and O–H groups in total. The third-order valence-electron chi connectivity index (χ3n) is 3.37. The zero-order valence-corrected chi connectivity index (χ0v) is 12.7. The van der Waals surface area contributed by atoms with Gasteiger partial charge in [0.15, 0.2) is 0 Å². The van der Waals surface area contributed by atoms with Crippen LogP contribution in [-0.2, 0) is 6.42 Å². The van der Waals surface area contributed by atoms with E-state index in [4.69, 9.17) is 17.3 Å². The van der Waals surface area contributed by atoms with Crippen molar-refractivity contribution in [3.05, 3.63) is 59.1 Å². The summed E-state index contributed by atoms with van der Waals surface area (Å²) in [4.78, 5) is 0. The molecule has 2 rings (SSSR count). The van der Waals surface area contributed by atoms with E-state index < -0.39 is 0 Å². The number of anilines is 2. The Hall–Kier alpha value is -1.67. The van der Waals surface area contributed by atoms with E-state index >= 15 is 0 Å². The zero-order valence-electron chi connectivity index (χ0n) is 12.0. The second-order valence-corrected chi connectivity index (χ2v) is 6.16. The Bertz CT molecular complexity index is 564. The predicted molar refractivity (Wildman–Crippen MR) is 88.3 cm³/mol. The summed E-state index contributed by atoms with van der Waals surface area (Å²) in [5.41, 5.74) is 8.91. The molecule has 2 aromatic rings. The maximum absolute atomic E-state index is 6.02. The Kier molecular flexibility index (Phi) is 4.56. The highest BCUT2D eigenvalue weighted by Gasteiger charge is 2.18. The number of hydrogen-bond donors (Lipinski definition) is 2. The second kappa shape index (κ2) is 6.19. The van der Waals surface area contributed by atoms with Gasteiger partial charge in [-0.3, -0.25) is 0 Å². The third kappa shape index (κ3) is 4.17. The molecule has 0 heterocycles. The highest BCUT2D eigenvalue weighted by Crippen LogP contribution is 2.27. The fourth-order valence-corrected chi connectivity index (χ4v) is 2.34. The van der Waals surface area contributed by atoms with Crippen LogP contribution in [0.2, 0.25) is 5.02 Å². The van der Waals surface area contributed by atoms with E-state index in [9.17, 15) is 0 Å². The second-order valence-electron chi connectivity index (χ2n) is 5.73. The summed E-state index contributed by atoms with van der Waals surface area (Å²) in [6, 6.07) is 16.0. The summed E-state index contributed by atoms with van der Waals surface area (Å²) in [7, 11) is 0. The zero-order chi connectivity index (χ0) is 14.6. The smallest absolute Gasteiger partial charge is 0.0592 e. The van der Waals surface area contributed by atoms with Crippen molar-refractivity contribution < 1.29 is 0 Å². The molecule has 0 saturated carbocycles. The molecule has 3 heteroatoms. The van der Waals surface area contributed by atoms with E-state index in [2.05, 4.69) is 43.4 Å². The van der Waals surface area contributed by atoms with Crippen molar-refractivity contribution in [1.82, 2.24) is 0 Å². The summed E-state index contributed by atoms with van der Waals surface area (Å²) >= 11 is 6.02. The lowest BCUT2D eigenvalue weighted by Crippen LogP contribution is -2.31. The van der Waals surface area contributed by atoms with Gasteiger partial charge in [0.05, 0.1) is 11.4 Å². The average Bonchev–Trinajstić information content (AvgIpc) is 2.42. The number of aryl methyl sites for hydroxylation is 1. The van der Waals surface area contributed by atoms with E-state index in [0.29, 0.717) is 5.02 Å². The summed E-state index contributed by atoms with van der Waals surface area (Å²) < 4.78 is 0. The van der Waals surface area contributed by atoms with Gasteiger partial charge >= 0.3 is 0 Å². The first kappa shape index (κ1) is 14.7. The van der Waals surface area contributed by atoms with Crippen LogP contribution in [0.15, 0.2) is 48.5 Å². The maximum Gasteiger partial charge on any atom is 0.0592 e. The van der Waals surface area contributed by atoms with Crippen LogP contribution >= 0.6 is 11.6 Å². The molecule has 0 aromatic heterocycles. The van der Waals surface area contributed by atoms with Crippen LogP contribution in [-0.4, -0.2) is 5.54 Å². The van der Waals surface area contributed by atoms with Crippen molar-refractivity contribution >= 4 is 23.0 Å². The van der Waals surface area contributed by atoms with Crippen molar-refractivity contribution in [2.24, 2.45) is 0 Å². The van der Waals surface area contributed by atoms with Gasteiger partial charge in [-0.2, -0.15) is 0 Å². The van der Waals surface area contributed by atoms with E-state index in [1.54, 1.807) is 6.07 Å². The van der Waals surface area contributed by atoms with E-state index in [1.807, 2.05) is 18.2 Å². The summed E-state index contributed by atoms with van der Waals surface area (Å²) in [6.45, 7) is 4.35. The average molecular weight is 289 g/mol. The van der Waals surface area contributed by atoms with Gasteiger partial charge < -0.3 is 11.1 Å². The number of benzene rings is 2. The lowest BCUT2D eigenvalue weighted by Gasteiger charge is -2.28. The van der Waals surface area contributed by atoms with E-state index in [-0.39, 0.29) is 5.54 Å². The lowest BCUT2D eigenvalue weighted by molar-refractivity contribution is 0.519. The molecule has 2 nitrogen and oxygen atoms in total. The fourth-order valence-electron chi connectivity index (χ4n) is 2.17. The van der Waals surface area contributed by atoms with E-state index in [1.165, 1.54) is 5.56 Å². The third-order valence-corrected chi connectivity index (χ3v) is 3.60. The fraction of sp³-hybridized carbons (Fsp3) is 0.294. The Morgan fingerprint density at radius 1 is 1.10 bits per heavy atom. The van der Waals surface area contributed by atoms with Crippen LogP contribution in [0.4, 0.5) is 11.4 Å². The molecule has 0 amide bonds. The van der Waals surface area contributed by atoms with Gasteiger partial charge in [-0.05, 0) is 50.5 Å². The number of halogens is 1. The molecule has 0 spiro atoms. The SMILES string of the molecule is CC(C)(CCc1ccccc1)Nc1cc(Cl)ccc1N. The number of nitrogens with one attached hydrogen (secondary N) is 1. The van der Waals surface area contributed by atoms with Gasteiger partial charge in [0.25, 0.3) is 0 Å². The highest BCUT2D eigenvalue weighted by atomic mass is 35.5. The summed E-state index contributed by atoms with van der Waals surface area (Å²) in [5.74, 6) is 0. The minimum absolute atomic E-state index is 0.0470.